The zero-order valence-corrected chi connectivity index (χ0v) is 17.8. The van der Waals surface area contributed by atoms with Crippen LogP contribution in [-0.4, -0.2) is 38.0 Å². The van der Waals surface area contributed by atoms with E-state index in [0.29, 0.717) is 31.4 Å². The van der Waals surface area contributed by atoms with Crippen LogP contribution in [0, 0.1) is 13.8 Å². The van der Waals surface area contributed by atoms with Crippen LogP contribution in [0.3, 0.4) is 0 Å². The highest BCUT2D eigenvalue weighted by Gasteiger charge is 2.51. The van der Waals surface area contributed by atoms with Gasteiger partial charge in [-0.05, 0) is 45.1 Å². The van der Waals surface area contributed by atoms with Gasteiger partial charge in [-0.25, -0.2) is 14.8 Å². The first-order valence-corrected chi connectivity index (χ1v) is 10.7. The Bertz CT molecular complexity index is 1100. The average molecular weight is 428 g/mol. The maximum Gasteiger partial charge on any atom is 0.328 e. The number of aryl methyl sites for hydroxylation is 2. The topological polar surface area (TPSA) is 156 Å². The number of fused-ring (bicyclic) bond motifs is 3. The Morgan fingerprint density at radius 1 is 1.23 bits per heavy atom. The van der Waals surface area contributed by atoms with Gasteiger partial charge in [0.15, 0.2) is 0 Å². The molecule has 1 aliphatic heterocycles. The number of carbonyl (C=O) groups is 1. The van der Waals surface area contributed by atoms with E-state index in [4.69, 9.17) is 10.5 Å². The van der Waals surface area contributed by atoms with Gasteiger partial charge in [0.1, 0.15) is 5.60 Å². The number of nitrogens with one attached hydrogen (secondary N) is 3. The Kier molecular flexibility index (Phi) is 5.55. The highest BCUT2D eigenvalue weighted by Crippen LogP contribution is 2.51. The molecule has 0 unspecified atom stereocenters. The van der Waals surface area contributed by atoms with Crippen LogP contribution in [0.4, 0.5) is 5.95 Å². The SMILES string of the molecule is Cc1nc(N)nc(C)c1CCC(=O)NCC[C@@]12CCCC[C@@H]1c1c([nH]c(=O)[nH]c1=O)O2. The number of aromatic amines is 2. The van der Waals surface area contributed by atoms with Gasteiger partial charge < -0.3 is 15.8 Å². The predicted octanol–water partition coefficient (Wildman–Crippen LogP) is 0.980. The minimum Gasteiger partial charge on any atom is -0.471 e. The lowest BCUT2D eigenvalue weighted by molar-refractivity contribution is -0.121. The molecule has 0 radical (unpaired) electrons. The van der Waals surface area contributed by atoms with Crippen LogP contribution in [0.15, 0.2) is 9.59 Å². The summed E-state index contributed by atoms with van der Waals surface area (Å²) in [5, 5.41) is 2.97. The molecule has 10 nitrogen and oxygen atoms in total. The number of ether oxygens (including phenoxy) is 1. The summed E-state index contributed by atoms with van der Waals surface area (Å²) in [6, 6.07) is 0. The number of amides is 1. The molecule has 1 aliphatic carbocycles. The standard InChI is InChI=1S/C21H28N6O4/c1-11-13(12(2)25-19(22)24-11)6-7-15(28)23-10-9-21-8-4-3-5-14(21)16-17(29)26-20(30)27-18(16)31-21/h14H,3-10H2,1-2H3,(H,23,28)(H2,22,24,25)(H2,26,27,29,30)/t14-,21+/m1/s1. The average Bonchev–Trinajstić information content (AvgIpc) is 3.01. The molecular formula is C21H28N6O4. The smallest absolute Gasteiger partial charge is 0.328 e. The summed E-state index contributed by atoms with van der Waals surface area (Å²) in [5.41, 5.74) is 7.19. The van der Waals surface area contributed by atoms with Crippen molar-refractivity contribution in [2.45, 2.75) is 70.3 Å². The lowest BCUT2D eigenvalue weighted by Gasteiger charge is -2.38. The molecule has 0 bridgehead atoms. The number of anilines is 1. The first-order chi connectivity index (χ1) is 14.8. The number of nitrogens with two attached hydrogens (primary N) is 1. The Labute approximate surface area is 179 Å². The Balaban J connectivity index is 1.38. The van der Waals surface area contributed by atoms with E-state index in [-0.39, 0.29) is 29.2 Å². The van der Waals surface area contributed by atoms with Crippen LogP contribution in [0.2, 0.25) is 0 Å². The molecule has 166 valence electrons. The van der Waals surface area contributed by atoms with Crippen LogP contribution in [0.1, 0.15) is 67.0 Å². The fraction of sp³-hybridized carbons (Fsp3) is 0.571. The van der Waals surface area contributed by atoms with Gasteiger partial charge >= 0.3 is 5.69 Å². The molecule has 2 aromatic heterocycles. The summed E-state index contributed by atoms with van der Waals surface area (Å²) < 4.78 is 6.16. The number of carbonyl (C=O) groups excluding carboxylic acids is 1. The largest absolute Gasteiger partial charge is 0.471 e. The summed E-state index contributed by atoms with van der Waals surface area (Å²) in [6.07, 6.45) is 5.02. The maximum absolute atomic E-state index is 12.4. The van der Waals surface area contributed by atoms with Crippen LogP contribution in [0.25, 0.3) is 0 Å². The number of aromatic nitrogens is 4. The third kappa shape index (κ3) is 4.06. The monoisotopic (exact) mass is 428 g/mol. The highest BCUT2D eigenvalue weighted by molar-refractivity contribution is 5.76. The third-order valence-electron chi connectivity index (χ3n) is 6.49. The summed E-state index contributed by atoms with van der Waals surface area (Å²) in [5.74, 6) is 0.371. The molecule has 0 aromatic carbocycles. The summed E-state index contributed by atoms with van der Waals surface area (Å²) >= 11 is 0. The molecule has 31 heavy (non-hydrogen) atoms. The Morgan fingerprint density at radius 2 is 1.97 bits per heavy atom. The number of rotatable bonds is 6. The minimum absolute atomic E-state index is 0.0684. The van der Waals surface area contributed by atoms with Crippen molar-refractivity contribution in [2.24, 2.45) is 0 Å². The molecule has 4 rings (SSSR count). The number of hydrogen-bond acceptors (Lipinski definition) is 7. The van der Waals surface area contributed by atoms with E-state index < -0.39 is 11.3 Å². The number of hydrogen-bond donors (Lipinski definition) is 4. The molecule has 2 aliphatic rings. The second-order valence-corrected chi connectivity index (χ2v) is 8.45. The van der Waals surface area contributed by atoms with Gasteiger partial charge in [0.25, 0.3) is 5.56 Å². The van der Waals surface area contributed by atoms with Gasteiger partial charge in [-0.3, -0.25) is 19.6 Å². The van der Waals surface area contributed by atoms with Crippen LogP contribution in [0.5, 0.6) is 5.88 Å². The Morgan fingerprint density at radius 3 is 2.71 bits per heavy atom. The first-order valence-electron chi connectivity index (χ1n) is 10.7. The van der Waals surface area contributed by atoms with E-state index in [9.17, 15) is 14.4 Å². The van der Waals surface area contributed by atoms with Crippen molar-refractivity contribution in [2.75, 3.05) is 12.3 Å². The molecule has 2 atom stereocenters. The van der Waals surface area contributed by atoms with Crippen molar-refractivity contribution in [3.63, 3.8) is 0 Å². The fourth-order valence-corrected chi connectivity index (χ4v) is 5.03. The molecule has 2 aromatic rings. The van der Waals surface area contributed by atoms with E-state index >= 15 is 0 Å². The van der Waals surface area contributed by atoms with Crippen LogP contribution < -0.4 is 27.0 Å². The highest BCUT2D eigenvalue weighted by atomic mass is 16.5. The van der Waals surface area contributed by atoms with Crippen molar-refractivity contribution in [3.05, 3.63) is 43.4 Å². The zero-order chi connectivity index (χ0) is 22.2. The molecule has 3 heterocycles. The van der Waals surface area contributed by atoms with Gasteiger partial charge in [0.05, 0.1) is 5.56 Å². The van der Waals surface area contributed by atoms with Gasteiger partial charge in [0.2, 0.25) is 17.7 Å². The molecule has 1 saturated carbocycles. The second-order valence-electron chi connectivity index (χ2n) is 8.45. The van der Waals surface area contributed by atoms with Crippen molar-refractivity contribution >= 4 is 11.9 Å². The van der Waals surface area contributed by atoms with Crippen molar-refractivity contribution < 1.29 is 9.53 Å². The van der Waals surface area contributed by atoms with E-state index in [1.54, 1.807) is 0 Å². The van der Waals surface area contributed by atoms with Crippen LogP contribution in [-0.2, 0) is 11.2 Å². The molecular weight excluding hydrogens is 400 g/mol. The second kappa shape index (κ2) is 8.16. The summed E-state index contributed by atoms with van der Waals surface area (Å²) in [6.45, 7) is 4.16. The summed E-state index contributed by atoms with van der Waals surface area (Å²) in [4.78, 5) is 49.7. The van der Waals surface area contributed by atoms with Gasteiger partial charge in [-0.15, -0.1) is 0 Å². The van der Waals surface area contributed by atoms with E-state index in [1.807, 2.05) is 13.8 Å². The summed E-state index contributed by atoms with van der Waals surface area (Å²) in [7, 11) is 0. The lowest BCUT2D eigenvalue weighted by atomic mass is 9.72. The van der Waals surface area contributed by atoms with E-state index in [2.05, 4.69) is 25.3 Å². The molecule has 1 amide bonds. The number of nitrogen functional groups attached to an aromatic ring is 1. The third-order valence-corrected chi connectivity index (χ3v) is 6.49. The van der Waals surface area contributed by atoms with Gasteiger partial charge in [0, 0.05) is 36.7 Å². The first kappa shape index (κ1) is 21.1. The van der Waals surface area contributed by atoms with Crippen molar-refractivity contribution in [3.8, 4) is 5.88 Å². The lowest BCUT2D eigenvalue weighted by Crippen LogP contribution is -2.44. The van der Waals surface area contributed by atoms with Gasteiger partial charge in [-0.2, -0.15) is 0 Å². The van der Waals surface area contributed by atoms with E-state index in [1.165, 1.54) is 0 Å². The zero-order valence-electron chi connectivity index (χ0n) is 17.8. The van der Waals surface area contributed by atoms with E-state index in [0.717, 1.165) is 42.6 Å². The quantitative estimate of drug-likeness (QED) is 0.534. The molecule has 5 N–H and O–H groups in total. The molecule has 0 spiro atoms. The normalized spacial score (nSPS) is 21.8. The number of H-pyrrole nitrogens is 2. The molecule has 0 saturated heterocycles. The molecule has 10 heteroatoms. The van der Waals surface area contributed by atoms with Crippen molar-refractivity contribution in [1.29, 1.82) is 0 Å². The minimum atomic E-state index is -0.567. The maximum atomic E-state index is 12.4. The van der Waals surface area contributed by atoms with Gasteiger partial charge in [-0.1, -0.05) is 6.42 Å². The number of nitrogens with zero attached hydrogens (tertiary/aromatic N) is 2. The van der Waals surface area contributed by atoms with Crippen LogP contribution >= 0.6 is 0 Å². The van der Waals surface area contributed by atoms with Crippen molar-refractivity contribution in [1.82, 2.24) is 25.3 Å². The Hall–Kier alpha value is -3.17. The fourth-order valence-electron chi connectivity index (χ4n) is 5.03. The predicted molar refractivity (Wildman–Crippen MR) is 114 cm³/mol. The molecule has 1 fully saturated rings.